The van der Waals surface area contributed by atoms with Crippen LogP contribution >= 0.6 is 0 Å². The SMILES string of the molecule is Cc1nc2ncnn2c2c1c(O)c(O)n2C. The maximum atomic E-state index is 9.78. The zero-order valence-electron chi connectivity index (χ0n) is 8.71. The Kier molecular flexibility index (Phi) is 1.47. The van der Waals surface area contributed by atoms with Crippen LogP contribution in [0.15, 0.2) is 6.33 Å². The van der Waals surface area contributed by atoms with E-state index in [1.807, 2.05) is 0 Å². The number of aromatic hydroxyl groups is 2. The molecule has 16 heavy (non-hydrogen) atoms. The highest BCUT2D eigenvalue weighted by molar-refractivity contribution is 5.90. The van der Waals surface area contributed by atoms with E-state index in [1.165, 1.54) is 15.4 Å². The van der Waals surface area contributed by atoms with E-state index < -0.39 is 0 Å². The van der Waals surface area contributed by atoms with Crippen molar-refractivity contribution in [2.75, 3.05) is 0 Å². The van der Waals surface area contributed by atoms with Crippen LogP contribution in [0.2, 0.25) is 0 Å². The van der Waals surface area contributed by atoms with Gasteiger partial charge in [0.25, 0.3) is 5.78 Å². The van der Waals surface area contributed by atoms with Crippen molar-refractivity contribution in [2.24, 2.45) is 7.05 Å². The van der Waals surface area contributed by atoms with E-state index in [9.17, 15) is 10.2 Å². The summed E-state index contributed by atoms with van der Waals surface area (Å²) >= 11 is 0. The molecule has 7 nitrogen and oxygen atoms in total. The largest absolute Gasteiger partial charge is 0.503 e. The van der Waals surface area contributed by atoms with Gasteiger partial charge in [0, 0.05) is 7.05 Å². The van der Waals surface area contributed by atoms with Gasteiger partial charge in [0.05, 0.1) is 11.1 Å². The van der Waals surface area contributed by atoms with Crippen LogP contribution in [0.1, 0.15) is 5.69 Å². The van der Waals surface area contributed by atoms with Crippen molar-refractivity contribution in [1.29, 1.82) is 0 Å². The Morgan fingerprint density at radius 2 is 2.06 bits per heavy atom. The predicted octanol–water partition coefficient (Wildman–Crippen LogP) is 0.336. The molecule has 0 radical (unpaired) electrons. The van der Waals surface area contributed by atoms with E-state index in [-0.39, 0.29) is 11.6 Å². The number of fused-ring (bicyclic) bond motifs is 3. The fraction of sp³-hybridized carbons (Fsp3) is 0.222. The van der Waals surface area contributed by atoms with Crippen LogP contribution in [0.5, 0.6) is 11.6 Å². The average Bonchev–Trinajstić information content (AvgIpc) is 2.78. The van der Waals surface area contributed by atoms with Gasteiger partial charge in [0.15, 0.2) is 11.4 Å². The molecule has 0 aliphatic carbocycles. The monoisotopic (exact) mass is 219 g/mol. The molecule has 0 aliphatic rings. The van der Waals surface area contributed by atoms with Crippen LogP contribution in [0.25, 0.3) is 16.8 Å². The molecule has 0 aromatic carbocycles. The molecule has 3 heterocycles. The Morgan fingerprint density at radius 1 is 1.31 bits per heavy atom. The highest BCUT2D eigenvalue weighted by atomic mass is 16.3. The highest BCUT2D eigenvalue weighted by Gasteiger charge is 2.20. The standard InChI is InChI=1S/C9H9N5O2/c1-4-5-6(15)8(16)13(2)7(5)14-9(12-4)10-3-11-14/h3,15-16H,1-2H3. The van der Waals surface area contributed by atoms with Crippen molar-refractivity contribution >= 4 is 16.8 Å². The van der Waals surface area contributed by atoms with Crippen LogP contribution in [0, 0.1) is 6.92 Å². The summed E-state index contributed by atoms with van der Waals surface area (Å²) in [4.78, 5) is 8.16. The maximum absolute atomic E-state index is 9.78. The summed E-state index contributed by atoms with van der Waals surface area (Å²) in [5.74, 6) is 0.0494. The van der Waals surface area contributed by atoms with Gasteiger partial charge in [0.1, 0.15) is 6.33 Å². The Balaban J connectivity index is 2.72. The van der Waals surface area contributed by atoms with Gasteiger partial charge in [-0.1, -0.05) is 0 Å². The van der Waals surface area contributed by atoms with Gasteiger partial charge in [-0.3, -0.25) is 4.57 Å². The van der Waals surface area contributed by atoms with Crippen molar-refractivity contribution in [3.8, 4) is 11.6 Å². The minimum absolute atomic E-state index is 0.181. The summed E-state index contributed by atoms with van der Waals surface area (Å²) in [5, 5.41) is 23.9. The summed E-state index contributed by atoms with van der Waals surface area (Å²) in [5.41, 5.74) is 1.17. The molecule has 3 aromatic rings. The molecular weight excluding hydrogens is 210 g/mol. The van der Waals surface area contributed by atoms with E-state index in [0.29, 0.717) is 22.5 Å². The van der Waals surface area contributed by atoms with Crippen LogP contribution in [-0.4, -0.2) is 34.4 Å². The van der Waals surface area contributed by atoms with E-state index >= 15 is 0 Å². The van der Waals surface area contributed by atoms with Gasteiger partial charge >= 0.3 is 0 Å². The lowest BCUT2D eigenvalue weighted by Crippen LogP contribution is -1.99. The Morgan fingerprint density at radius 3 is 2.81 bits per heavy atom. The van der Waals surface area contributed by atoms with Crippen LogP contribution in [0.4, 0.5) is 0 Å². The normalized spacial score (nSPS) is 11.6. The highest BCUT2D eigenvalue weighted by Crippen LogP contribution is 2.37. The van der Waals surface area contributed by atoms with Gasteiger partial charge < -0.3 is 10.2 Å². The number of hydrogen-bond acceptors (Lipinski definition) is 5. The summed E-state index contributed by atoms with van der Waals surface area (Å²) < 4.78 is 2.92. The molecule has 2 N–H and O–H groups in total. The molecule has 0 aliphatic heterocycles. The van der Waals surface area contributed by atoms with Crippen molar-refractivity contribution < 1.29 is 10.2 Å². The third-order valence-corrected chi connectivity index (χ3v) is 2.67. The molecule has 82 valence electrons. The number of hydrogen-bond donors (Lipinski definition) is 2. The molecule has 0 atom stereocenters. The number of aromatic nitrogens is 5. The molecular formula is C9H9N5O2. The van der Waals surface area contributed by atoms with E-state index in [1.54, 1.807) is 14.0 Å². The quantitative estimate of drug-likeness (QED) is 0.569. The molecule has 0 bridgehead atoms. The summed E-state index contributed by atoms with van der Waals surface area (Å²) in [6.45, 7) is 1.75. The first-order valence-electron chi connectivity index (χ1n) is 4.68. The van der Waals surface area contributed by atoms with E-state index in [0.717, 1.165) is 0 Å². The van der Waals surface area contributed by atoms with Crippen LogP contribution < -0.4 is 0 Å². The number of rotatable bonds is 0. The molecule has 0 unspecified atom stereocenters. The summed E-state index contributed by atoms with van der Waals surface area (Å²) in [6.07, 6.45) is 1.38. The minimum Gasteiger partial charge on any atom is -0.503 e. The third-order valence-electron chi connectivity index (χ3n) is 2.67. The number of aryl methyl sites for hydroxylation is 2. The topological polar surface area (TPSA) is 88.5 Å². The zero-order valence-corrected chi connectivity index (χ0v) is 8.71. The molecule has 0 spiro atoms. The molecule has 3 aromatic heterocycles. The number of nitrogens with zero attached hydrogens (tertiary/aromatic N) is 5. The molecule has 0 saturated carbocycles. The van der Waals surface area contributed by atoms with Crippen molar-refractivity contribution in [3.63, 3.8) is 0 Å². The Bertz CT molecular complexity index is 712. The Hall–Kier alpha value is -2.31. The second-order valence-electron chi connectivity index (χ2n) is 3.60. The first-order valence-corrected chi connectivity index (χ1v) is 4.68. The fourth-order valence-corrected chi connectivity index (χ4v) is 1.89. The van der Waals surface area contributed by atoms with Gasteiger partial charge in [-0.05, 0) is 6.92 Å². The maximum Gasteiger partial charge on any atom is 0.254 e. The summed E-state index contributed by atoms with van der Waals surface area (Å²) in [7, 11) is 1.64. The average molecular weight is 219 g/mol. The molecule has 0 amide bonds. The lowest BCUT2D eigenvalue weighted by molar-refractivity contribution is 0.383. The van der Waals surface area contributed by atoms with Crippen LogP contribution in [0.3, 0.4) is 0 Å². The zero-order chi connectivity index (χ0) is 11.4. The lowest BCUT2D eigenvalue weighted by Gasteiger charge is -2.00. The van der Waals surface area contributed by atoms with Gasteiger partial charge in [-0.15, -0.1) is 0 Å². The molecule has 0 fully saturated rings. The fourth-order valence-electron chi connectivity index (χ4n) is 1.89. The van der Waals surface area contributed by atoms with E-state index in [4.69, 9.17) is 0 Å². The van der Waals surface area contributed by atoms with Crippen molar-refractivity contribution in [3.05, 3.63) is 12.0 Å². The lowest BCUT2D eigenvalue weighted by atomic mass is 10.3. The molecule has 7 heteroatoms. The van der Waals surface area contributed by atoms with Gasteiger partial charge in [-0.2, -0.15) is 14.6 Å². The van der Waals surface area contributed by atoms with Gasteiger partial charge in [0.2, 0.25) is 5.88 Å². The van der Waals surface area contributed by atoms with Crippen molar-refractivity contribution in [1.82, 2.24) is 24.1 Å². The molecule has 3 rings (SSSR count). The van der Waals surface area contributed by atoms with Gasteiger partial charge in [-0.25, -0.2) is 4.98 Å². The third kappa shape index (κ3) is 0.848. The van der Waals surface area contributed by atoms with Crippen LogP contribution in [-0.2, 0) is 7.05 Å². The molecule has 0 saturated heterocycles. The minimum atomic E-state index is -0.206. The first-order chi connectivity index (χ1) is 7.61. The summed E-state index contributed by atoms with van der Waals surface area (Å²) in [6, 6.07) is 0. The Labute approximate surface area is 89.6 Å². The smallest absolute Gasteiger partial charge is 0.254 e. The van der Waals surface area contributed by atoms with Crippen molar-refractivity contribution in [2.45, 2.75) is 6.92 Å². The second kappa shape index (κ2) is 2.63. The first kappa shape index (κ1) is 8.96. The predicted molar refractivity (Wildman–Crippen MR) is 55.3 cm³/mol. The van der Waals surface area contributed by atoms with E-state index in [2.05, 4.69) is 15.1 Å². The second-order valence-corrected chi connectivity index (χ2v) is 3.60.